The molecule has 40 heavy (non-hydrogen) atoms. The smallest absolute Gasteiger partial charge is 0.409 e. The summed E-state index contributed by atoms with van der Waals surface area (Å²) in [4.78, 5) is 19.0. The third-order valence-electron chi connectivity index (χ3n) is 7.29. The maximum atomic E-state index is 13.0. The van der Waals surface area contributed by atoms with Crippen molar-refractivity contribution < 1.29 is 43.1 Å². The molecule has 3 heterocycles. The van der Waals surface area contributed by atoms with E-state index in [4.69, 9.17) is 33.2 Å². The first-order valence-corrected chi connectivity index (χ1v) is 14.4. The number of fused-ring (bicyclic) bond motifs is 1. The van der Waals surface area contributed by atoms with Crippen molar-refractivity contribution in [2.75, 3.05) is 80.8 Å². The van der Waals surface area contributed by atoms with E-state index in [0.29, 0.717) is 19.7 Å². The minimum absolute atomic E-state index is 0.00105. The van der Waals surface area contributed by atoms with Crippen LogP contribution in [0.1, 0.15) is 47.5 Å². The molecule has 0 aliphatic carbocycles. The van der Waals surface area contributed by atoms with Crippen LogP contribution in [-0.2, 0) is 33.2 Å². The predicted octanol–water partition coefficient (Wildman–Crippen LogP) is 1.74. The summed E-state index contributed by atoms with van der Waals surface area (Å²) in [5, 5.41) is 10.2. The summed E-state index contributed by atoms with van der Waals surface area (Å²) in [5.41, 5.74) is -0.838. The minimum Gasteiger partial charge on any atom is -0.449 e. The summed E-state index contributed by atoms with van der Waals surface area (Å²) < 4.78 is 42.2. The number of nitrogens with zero attached hydrogens (tertiary/aromatic N) is 3. The maximum Gasteiger partial charge on any atom is 0.409 e. The van der Waals surface area contributed by atoms with Gasteiger partial charge >= 0.3 is 6.09 Å². The van der Waals surface area contributed by atoms with Crippen LogP contribution in [-0.4, -0.2) is 149 Å². The van der Waals surface area contributed by atoms with Crippen LogP contribution in [0.4, 0.5) is 4.79 Å². The van der Waals surface area contributed by atoms with Gasteiger partial charge in [0.15, 0.2) is 17.9 Å². The molecule has 0 aromatic carbocycles. The van der Waals surface area contributed by atoms with Crippen LogP contribution >= 0.6 is 0 Å². The number of aliphatic hydroxyl groups excluding tert-OH is 1. The summed E-state index contributed by atoms with van der Waals surface area (Å²) in [7, 11) is 8.05. The Hall–Kier alpha value is -1.09. The minimum atomic E-state index is -0.838. The normalized spacial score (nSPS) is 30.6. The molecule has 0 aromatic rings. The average Bonchev–Trinajstić information content (AvgIpc) is 3.49. The number of amides is 1. The first-order valence-electron chi connectivity index (χ1n) is 14.4. The van der Waals surface area contributed by atoms with Crippen LogP contribution in [0.25, 0.3) is 0 Å². The van der Waals surface area contributed by atoms with Crippen LogP contribution < -0.4 is 0 Å². The second-order valence-corrected chi connectivity index (χ2v) is 13.0. The largest absolute Gasteiger partial charge is 0.449 e. The van der Waals surface area contributed by atoms with Crippen LogP contribution in [0.3, 0.4) is 0 Å². The molecule has 0 aromatic heterocycles. The molecule has 2 unspecified atom stereocenters. The van der Waals surface area contributed by atoms with Gasteiger partial charge in [0, 0.05) is 18.5 Å². The van der Waals surface area contributed by atoms with Crippen molar-refractivity contribution in [2.45, 2.75) is 89.7 Å². The maximum absolute atomic E-state index is 13.0. The first kappa shape index (κ1) is 33.4. The Bertz CT molecular complexity index is 798. The Kier molecular flexibility index (Phi) is 11.6. The fraction of sp³-hybridized carbons (Fsp3) is 0.964. The van der Waals surface area contributed by atoms with E-state index in [1.807, 2.05) is 62.8 Å². The molecule has 3 aliphatic rings. The Morgan fingerprint density at radius 2 is 1.48 bits per heavy atom. The van der Waals surface area contributed by atoms with Gasteiger partial charge in [0.25, 0.3) is 0 Å². The predicted molar refractivity (Wildman–Crippen MR) is 148 cm³/mol. The number of carbonyl (C=O) groups excluding carboxylic acids is 1. The molecular weight excluding hydrogens is 522 g/mol. The van der Waals surface area contributed by atoms with Crippen LogP contribution in [0.5, 0.6) is 0 Å². The molecule has 0 saturated carbocycles. The van der Waals surface area contributed by atoms with Crippen molar-refractivity contribution >= 4 is 6.09 Å². The third kappa shape index (κ3) is 9.47. The summed E-state index contributed by atoms with van der Waals surface area (Å²) in [5.74, 6) is -1.50. The van der Waals surface area contributed by atoms with Gasteiger partial charge in [-0.2, -0.15) is 0 Å². The topological polar surface area (TPSA) is 112 Å². The van der Waals surface area contributed by atoms with Crippen LogP contribution in [0, 0.1) is 5.41 Å². The van der Waals surface area contributed by atoms with Crippen LogP contribution in [0.15, 0.2) is 0 Å². The number of rotatable bonds is 15. The van der Waals surface area contributed by atoms with Gasteiger partial charge in [0.05, 0.1) is 19.8 Å². The number of carbonyl (C=O) groups is 1. The van der Waals surface area contributed by atoms with Gasteiger partial charge in [0.1, 0.15) is 31.0 Å². The lowest BCUT2D eigenvalue weighted by Gasteiger charge is -2.31. The summed E-state index contributed by atoms with van der Waals surface area (Å²) >= 11 is 0. The molecule has 3 saturated heterocycles. The summed E-state index contributed by atoms with van der Waals surface area (Å²) in [6, 6.07) is 0. The van der Waals surface area contributed by atoms with Gasteiger partial charge in [-0.3, -0.25) is 0 Å². The van der Waals surface area contributed by atoms with E-state index in [0.717, 1.165) is 25.9 Å². The molecule has 6 atom stereocenters. The molecule has 3 rings (SSSR count). The molecule has 1 amide bonds. The van der Waals surface area contributed by atoms with Crippen molar-refractivity contribution in [3.8, 4) is 0 Å². The lowest BCUT2D eigenvalue weighted by atomic mass is 9.94. The van der Waals surface area contributed by atoms with Gasteiger partial charge < -0.3 is 53.0 Å². The van der Waals surface area contributed by atoms with E-state index in [1.54, 1.807) is 4.90 Å². The molecule has 12 heteroatoms. The molecular formula is C28H53N3O9. The highest BCUT2D eigenvalue weighted by Crippen LogP contribution is 2.42. The van der Waals surface area contributed by atoms with Gasteiger partial charge in [-0.1, -0.05) is 6.92 Å². The standard InChI is InChI=1S/C28H53N3O9/c1-26(2)36-16-20(38-26)21-22-23(40-27(3,4)39-22)24(37-21)34-18-28(5,17-32)19-35-25(33)31(14-10-12-29(6)7)15-11-13-30(8)9/h20-24,32H,10-19H2,1-9H3/t20-,21-,22+,23+,24?,28?/m1/s1. The van der Waals surface area contributed by atoms with Crippen molar-refractivity contribution in [1.82, 2.24) is 14.7 Å². The quantitative estimate of drug-likeness (QED) is 0.308. The molecule has 1 N–H and O–H groups in total. The van der Waals surface area contributed by atoms with Gasteiger partial charge in [-0.15, -0.1) is 0 Å². The second kappa shape index (κ2) is 13.9. The Labute approximate surface area is 240 Å². The summed E-state index contributed by atoms with van der Waals surface area (Å²) in [6.07, 6.45) is -1.06. The van der Waals surface area contributed by atoms with E-state index >= 15 is 0 Å². The Morgan fingerprint density at radius 1 is 0.875 bits per heavy atom. The van der Waals surface area contributed by atoms with E-state index in [-0.39, 0.29) is 32.0 Å². The second-order valence-electron chi connectivity index (χ2n) is 13.0. The zero-order valence-electron chi connectivity index (χ0n) is 26.0. The van der Waals surface area contributed by atoms with Gasteiger partial charge in [-0.25, -0.2) is 4.79 Å². The SMILES string of the molecule is CN(C)CCCN(CCCN(C)C)C(=O)OCC(C)(CO)COC1O[C@H]([C@H]2COC(C)(C)O2)[C@@H]2OC(C)(C)O[C@H]12. The fourth-order valence-electron chi connectivity index (χ4n) is 5.10. The number of ether oxygens (including phenoxy) is 7. The van der Waals surface area contributed by atoms with Crippen molar-refractivity contribution in [2.24, 2.45) is 5.41 Å². The van der Waals surface area contributed by atoms with Crippen molar-refractivity contribution in [1.29, 1.82) is 0 Å². The van der Waals surface area contributed by atoms with Gasteiger partial charge in [-0.05, 0) is 81.8 Å². The molecule has 0 spiro atoms. The highest BCUT2D eigenvalue weighted by molar-refractivity contribution is 5.67. The summed E-state index contributed by atoms with van der Waals surface area (Å²) in [6.45, 7) is 12.5. The molecule has 3 aliphatic heterocycles. The van der Waals surface area contributed by atoms with Crippen LogP contribution in [0.2, 0.25) is 0 Å². The number of hydrogen-bond acceptors (Lipinski definition) is 11. The first-order chi connectivity index (χ1) is 18.6. The molecule has 12 nitrogen and oxygen atoms in total. The van der Waals surface area contributed by atoms with E-state index in [9.17, 15) is 9.90 Å². The zero-order valence-corrected chi connectivity index (χ0v) is 26.0. The molecule has 234 valence electrons. The number of hydrogen-bond donors (Lipinski definition) is 1. The Morgan fingerprint density at radius 3 is 2.00 bits per heavy atom. The average molecular weight is 576 g/mol. The van der Waals surface area contributed by atoms with Crippen molar-refractivity contribution in [3.63, 3.8) is 0 Å². The number of aliphatic hydroxyl groups is 1. The van der Waals surface area contributed by atoms with Crippen molar-refractivity contribution in [3.05, 3.63) is 0 Å². The highest BCUT2D eigenvalue weighted by atomic mass is 16.8. The third-order valence-corrected chi connectivity index (χ3v) is 7.29. The zero-order chi connectivity index (χ0) is 29.7. The van der Waals surface area contributed by atoms with E-state index in [2.05, 4.69) is 9.80 Å². The molecule has 3 fully saturated rings. The Balaban J connectivity index is 1.57. The van der Waals surface area contributed by atoms with E-state index in [1.165, 1.54) is 0 Å². The molecule has 0 bridgehead atoms. The van der Waals surface area contributed by atoms with Gasteiger partial charge in [0.2, 0.25) is 0 Å². The lowest BCUT2D eigenvalue weighted by molar-refractivity contribution is -0.254. The molecule has 0 radical (unpaired) electrons. The monoisotopic (exact) mass is 575 g/mol. The lowest BCUT2D eigenvalue weighted by Crippen LogP contribution is -2.41. The highest BCUT2D eigenvalue weighted by Gasteiger charge is 2.59. The van der Waals surface area contributed by atoms with E-state index < -0.39 is 41.6 Å². The fourth-order valence-corrected chi connectivity index (χ4v) is 5.10.